The van der Waals surface area contributed by atoms with E-state index in [1.165, 1.54) is 13.3 Å². The van der Waals surface area contributed by atoms with Crippen LogP contribution in [-0.4, -0.2) is 37.6 Å². The van der Waals surface area contributed by atoms with Crippen molar-refractivity contribution in [2.24, 2.45) is 7.05 Å². The molecule has 0 bridgehead atoms. The van der Waals surface area contributed by atoms with Gasteiger partial charge in [-0.05, 0) is 30.3 Å². The number of hydrogen-bond donors (Lipinski definition) is 1. The average Bonchev–Trinajstić information content (AvgIpc) is 3.21. The van der Waals surface area contributed by atoms with Gasteiger partial charge in [0, 0.05) is 42.3 Å². The molecule has 0 spiro atoms. The van der Waals surface area contributed by atoms with Crippen LogP contribution in [0.15, 0.2) is 61.3 Å². The minimum atomic E-state index is -0.121. The van der Waals surface area contributed by atoms with Crippen molar-refractivity contribution in [1.29, 1.82) is 0 Å². The number of hydrogen-bond acceptors (Lipinski definition) is 7. The molecular weight excluding hydrogens is 404 g/mol. The monoisotopic (exact) mass is 420 g/mol. The van der Waals surface area contributed by atoms with E-state index >= 15 is 0 Å². The number of halogens is 1. The topological polar surface area (TPSA) is 94.8 Å². The molecule has 1 N–H and O–H groups in total. The number of methoxy groups -OCH3 is 1. The number of aryl methyl sites for hydroxylation is 1. The number of ether oxygens (including phenoxy) is 1. The first kappa shape index (κ1) is 19.5. The highest BCUT2D eigenvalue weighted by Crippen LogP contribution is 2.31. The van der Waals surface area contributed by atoms with E-state index in [4.69, 9.17) is 16.3 Å². The molecule has 3 aromatic heterocycles. The second-order valence-corrected chi connectivity index (χ2v) is 6.81. The summed E-state index contributed by atoms with van der Waals surface area (Å²) >= 11 is 6.26. The quantitative estimate of drug-likeness (QED) is 0.472. The SMILES string of the molecule is COc1cc(C(=O)c2ccncc2)ccc1Nc1ncc(Cl)c(-c2cnn(C)c2)n1. The van der Waals surface area contributed by atoms with Gasteiger partial charge in [-0.2, -0.15) is 5.10 Å². The van der Waals surface area contributed by atoms with Crippen LogP contribution in [0, 0.1) is 0 Å². The molecular formula is C21H17ClN6O2. The highest BCUT2D eigenvalue weighted by molar-refractivity contribution is 6.32. The van der Waals surface area contributed by atoms with Crippen molar-refractivity contribution in [1.82, 2.24) is 24.7 Å². The summed E-state index contributed by atoms with van der Waals surface area (Å²) in [7, 11) is 3.35. The fourth-order valence-corrected chi connectivity index (χ4v) is 3.10. The smallest absolute Gasteiger partial charge is 0.227 e. The molecule has 4 aromatic rings. The second kappa shape index (κ2) is 8.30. The maximum absolute atomic E-state index is 12.7. The Morgan fingerprint density at radius 1 is 1.13 bits per heavy atom. The standard InChI is InChI=1S/C21H17ClN6O2/c1-28-12-15(10-25-28)19-16(22)11-24-21(27-19)26-17-4-3-14(9-18(17)30-2)20(29)13-5-7-23-8-6-13/h3-12H,1-2H3,(H,24,26,27). The van der Waals surface area contributed by atoms with Gasteiger partial charge in [0.2, 0.25) is 5.95 Å². The second-order valence-electron chi connectivity index (χ2n) is 6.40. The molecule has 0 unspecified atom stereocenters. The van der Waals surface area contributed by atoms with E-state index in [0.29, 0.717) is 39.2 Å². The fourth-order valence-electron chi connectivity index (χ4n) is 2.90. The van der Waals surface area contributed by atoms with Gasteiger partial charge in [0.05, 0.1) is 35.9 Å². The number of rotatable bonds is 6. The molecule has 0 aliphatic carbocycles. The first-order chi connectivity index (χ1) is 14.5. The lowest BCUT2D eigenvalue weighted by Gasteiger charge is -2.12. The molecule has 0 aliphatic rings. The molecule has 0 amide bonds. The molecule has 30 heavy (non-hydrogen) atoms. The molecule has 0 radical (unpaired) electrons. The van der Waals surface area contributed by atoms with Crippen LogP contribution in [0.2, 0.25) is 5.02 Å². The average molecular weight is 421 g/mol. The Bertz CT molecular complexity index is 1210. The van der Waals surface area contributed by atoms with Crippen molar-refractivity contribution in [3.8, 4) is 17.0 Å². The normalized spacial score (nSPS) is 10.6. The number of anilines is 2. The third kappa shape index (κ3) is 3.99. The van der Waals surface area contributed by atoms with E-state index in [1.54, 1.807) is 53.6 Å². The van der Waals surface area contributed by atoms with Crippen LogP contribution in [0.25, 0.3) is 11.3 Å². The molecule has 150 valence electrons. The van der Waals surface area contributed by atoms with Crippen molar-refractivity contribution in [2.75, 3.05) is 12.4 Å². The maximum atomic E-state index is 12.7. The molecule has 3 heterocycles. The molecule has 0 fully saturated rings. The molecule has 0 aliphatic heterocycles. The number of nitrogens with zero attached hydrogens (tertiary/aromatic N) is 5. The zero-order valence-corrected chi connectivity index (χ0v) is 17.0. The summed E-state index contributed by atoms with van der Waals surface area (Å²) in [4.78, 5) is 25.3. The molecule has 1 aromatic carbocycles. The van der Waals surface area contributed by atoms with Gasteiger partial charge >= 0.3 is 0 Å². The van der Waals surface area contributed by atoms with Crippen LogP contribution < -0.4 is 10.1 Å². The molecule has 9 heteroatoms. The van der Waals surface area contributed by atoms with Crippen LogP contribution >= 0.6 is 11.6 Å². The minimum absolute atomic E-state index is 0.121. The van der Waals surface area contributed by atoms with Gasteiger partial charge in [-0.1, -0.05) is 11.6 Å². The Hall–Kier alpha value is -3.78. The number of ketones is 1. The van der Waals surface area contributed by atoms with Gasteiger partial charge in [-0.3, -0.25) is 14.5 Å². The predicted molar refractivity (Wildman–Crippen MR) is 113 cm³/mol. The highest BCUT2D eigenvalue weighted by atomic mass is 35.5. The summed E-state index contributed by atoms with van der Waals surface area (Å²) in [5, 5.41) is 7.68. The fraction of sp³-hybridized carbons (Fsp3) is 0.0952. The van der Waals surface area contributed by atoms with Gasteiger partial charge in [0.1, 0.15) is 5.75 Å². The van der Waals surface area contributed by atoms with E-state index in [9.17, 15) is 4.79 Å². The lowest BCUT2D eigenvalue weighted by molar-refractivity contribution is 0.103. The summed E-state index contributed by atoms with van der Waals surface area (Å²) in [6.07, 6.45) is 8.18. The van der Waals surface area contributed by atoms with E-state index in [-0.39, 0.29) is 5.78 Å². The first-order valence-electron chi connectivity index (χ1n) is 8.96. The highest BCUT2D eigenvalue weighted by Gasteiger charge is 2.15. The van der Waals surface area contributed by atoms with Crippen LogP contribution in [0.4, 0.5) is 11.6 Å². The van der Waals surface area contributed by atoms with Gasteiger partial charge in [-0.25, -0.2) is 9.97 Å². The molecule has 0 atom stereocenters. The zero-order chi connectivity index (χ0) is 21.1. The van der Waals surface area contributed by atoms with E-state index in [1.807, 2.05) is 13.2 Å². The third-order valence-corrected chi connectivity index (χ3v) is 4.65. The summed E-state index contributed by atoms with van der Waals surface area (Å²) in [5.41, 5.74) is 3.00. The number of nitrogens with one attached hydrogen (secondary N) is 1. The first-order valence-corrected chi connectivity index (χ1v) is 9.34. The van der Waals surface area contributed by atoms with Crippen molar-refractivity contribution in [2.45, 2.75) is 0 Å². The third-order valence-electron chi connectivity index (χ3n) is 4.38. The van der Waals surface area contributed by atoms with Crippen molar-refractivity contribution >= 4 is 29.0 Å². The Kier molecular flexibility index (Phi) is 5.40. The summed E-state index contributed by atoms with van der Waals surface area (Å²) in [6.45, 7) is 0. The van der Waals surface area contributed by atoms with E-state index in [2.05, 4.69) is 25.4 Å². The predicted octanol–water partition coefficient (Wildman–Crippen LogP) is 3.91. The van der Waals surface area contributed by atoms with Crippen LogP contribution in [-0.2, 0) is 7.05 Å². The number of benzene rings is 1. The number of pyridine rings is 1. The Labute approximate surface area is 177 Å². The Morgan fingerprint density at radius 3 is 2.63 bits per heavy atom. The molecule has 0 saturated carbocycles. The minimum Gasteiger partial charge on any atom is -0.495 e. The largest absolute Gasteiger partial charge is 0.495 e. The molecule has 8 nitrogen and oxygen atoms in total. The number of carbonyl (C=O) groups excluding carboxylic acids is 1. The Morgan fingerprint density at radius 2 is 1.93 bits per heavy atom. The zero-order valence-electron chi connectivity index (χ0n) is 16.2. The molecule has 0 saturated heterocycles. The van der Waals surface area contributed by atoms with Gasteiger partial charge in [0.15, 0.2) is 5.78 Å². The number of carbonyl (C=O) groups is 1. The van der Waals surface area contributed by atoms with Gasteiger partial charge in [-0.15, -0.1) is 0 Å². The summed E-state index contributed by atoms with van der Waals surface area (Å²) in [5.74, 6) is 0.699. The van der Waals surface area contributed by atoms with Gasteiger partial charge < -0.3 is 10.1 Å². The van der Waals surface area contributed by atoms with Crippen LogP contribution in [0.5, 0.6) is 5.75 Å². The summed E-state index contributed by atoms with van der Waals surface area (Å²) < 4.78 is 7.13. The van der Waals surface area contributed by atoms with Gasteiger partial charge in [0.25, 0.3) is 0 Å². The van der Waals surface area contributed by atoms with E-state index < -0.39 is 0 Å². The van der Waals surface area contributed by atoms with Crippen LogP contribution in [0.3, 0.4) is 0 Å². The Balaban J connectivity index is 1.63. The lowest BCUT2D eigenvalue weighted by Crippen LogP contribution is -2.04. The van der Waals surface area contributed by atoms with Crippen LogP contribution in [0.1, 0.15) is 15.9 Å². The lowest BCUT2D eigenvalue weighted by atomic mass is 10.0. The maximum Gasteiger partial charge on any atom is 0.227 e. The van der Waals surface area contributed by atoms with E-state index in [0.717, 1.165) is 5.56 Å². The van der Waals surface area contributed by atoms with Crippen molar-refractivity contribution in [3.63, 3.8) is 0 Å². The molecule has 4 rings (SSSR count). The number of aromatic nitrogens is 5. The van der Waals surface area contributed by atoms with Crippen molar-refractivity contribution < 1.29 is 9.53 Å². The van der Waals surface area contributed by atoms with Crippen molar-refractivity contribution in [3.05, 3.63) is 77.5 Å². The summed E-state index contributed by atoms with van der Waals surface area (Å²) in [6, 6.07) is 8.47.